The lowest BCUT2D eigenvalue weighted by atomic mass is 10.2. The van der Waals surface area contributed by atoms with Crippen LogP contribution in [0.1, 0.15) is 12.0 Å². The van der Waals surface area contributed by atoms with Gasteiger partial charge in [-0.1, -0.05) is 6.07 Å². The third-order valence-electron chi connectivity index (χ3n) is 2.81. The Kier molecular flexibility index (Phi) is 3.84. The molecule has 0 radical (unpaired) electrons. The maximum absolute atomic E-state index is 12.1. The smallest absolute Gasteiger partial charge is 0.274 e. The Morgan fingerprint density at radius 1 is 1.44 bits per heavy atom. The summed E-state index contributed by atoms with van der Waals surface area (Å²) in [7, 11) is 1.60. The summed E-state index contributed by atoms with van der Waals surface area (Å²) >= 11 is 0. The van der Waals surface area contributed by atoms with E-state index in [1.165, 1.54) is 4.68 Å². The molecule has 0 saturated carbocycles. The zero-order chi connectivity index (χ0) is 13.0. The normalized spacial score (nSPS) is 10.6. The van der Waals surface area contributed by atoms with Crippen LogP contribution < -0.4 is 16.0 Å². The van der Waals surface area contributed by atoms with Crippen molar-refractivity contribution in [3.63, 3.8) is 0 Å². The van der Waals surface area contributed by atoms with E-state index < -0.39 is 0 Å². The Balaban J connectivity index is 2.33. The van der Waals surface area contributed by atoms with Crippen molar-refractivity contribution in [3.8, 4) is 11.4 Å². The lowest BCUT2D eigenvalue weighted by Gasteiger charge is -2.04. The maximum atomic E-state index is 12.1. The number of ether oxygens (including phenoxy) is 1. The summed E-state index contributed by atoms with van der Waals surface area (Å²) in [6.45, 7) is 0.587. The Hall–Kier alpha value is -2.01. The van der Waals surface area contributed by atoms with E-state index in [1.54, 1.807) is 13.3 Å². The summed E-state index contributed by atoms with van der Waals surface area (Å²) in [5.74, 6) is 0.720. The molecule has 0 saturated heterocycles. The zero-order valence-electron chi connectivity index (χ0n) is 10.3. The van der Waals surface area contributed by atoms with Crippen molar-refractivity contribution in [2.24, 2.45) is 5.73 Å². The van der Waals surface area contributed by atoms with Gasteiger partial charge in [0, 0.05) is 17.8 Å². The first kappa shape index (κ1) is 12.4. The largest absolute Gasteiger partial charge is 0.497 e. The number of rotatable bonds is 5. The molecule has 1 aromatic carbocycles. The minimum Gasteiger partial charge on any atom is -0.497 e. The second-order valence-electron chi connectivity index (χ2n) is 4.03. The fourth-order valence-corrected chi connectivity index (χ4v) is 1.82. The Morgan fingerprint density at radius 3 is 3.00 bits per heavy atom. The van der Waals surface area contributed by atoms with E-state index in [1.807, 2.05) is 24.3 Å². The van der Waals surface area contributed by atoms with Crippen LogP contribution in [-0.2, 0) is 6.42 Å². The van der Waals surface area contributed by atoms with Crippen molar-refractivity contribution in [2.75, 3.05) is 13.7 Å². The van der Waals surface area contributed by atoms with Crippen LogP contribution in [0.3, 0.4) is 0 Å². The second kappa shape index (κ2) is 5.55. The molecule has 0 atom stereocenters. The fourth-order valence-electron chi connectivity index (χ4n) is 1.82. The van der Waals surface area contributed by atoms with Gasteiger partial charge in [-0.15, -0.1) is 0 Å². The molecular formula is C13H17N3O2. The molecule has 2 rings (SSSR count). The van der Waals surface area contributed by atoms with Gasteiger partial charge >= 0.3 is 0 Å². The van der Waals surface area contributed by atoms with Crippen LogP contribution in [0.5, 0.6) is 5.75 Å². The van der Waals surface area contributed by atoms with Crippen LogP contribution in [0, 0.1) is 0 Å². The van der Waals surface area contributed by atoms with Gasteiger partial charge in [-0.25, -0.2) is 4.68 Å². The number of nitrogens with zero attached hydrogens (tertiary/aromatic N) is 1. The summed E-state index contributed by atoms with van der Waals surface area (Å²) in [6, 6.07) is 7.35. The van der Waals surface area contributed by atoms with E-state index in [4.69, 9.17) is 10.5 Å². The molecule has 0 fully saturated rings. The molecule has 2 aromatic rings. The highest BCUT2D eigenvalue weighted by Crippen LogP contribution is 2.14. The minimum absolute atomic E-state index is 0.0308. The predicted molar refractivity (Wildman–Crippen MR) is 70.3 cm³/mol. The molecule has 0 bridgehead atoms. The molecular weight excluding hydrogens is 230 g/mol. The molecule has 5 heteroatoms. The molecule has 0 amide bonds. The van der Waals surface area contributed by atoms with Gasteiger partial charge in [-0.2, -0.15) is 0 Å². The SMILES string of the molecule is COc1cccc(-n2[nH]cc(CCCN)c2=O)c1. The number of nitrogens with one attached hydrogen (secondary N) is 1. The zero-order valence-corrected chi connectivity index (χ0v) is 10.3. The highest BCUT2D eigenvalue weighted by Gasteiger charge is 2.07. The van der Waals surface area contributed by atoms with Crippen molar-refractivity contribution >= 4 is 0 Å². The van der Waals surface area contributed by atoms with Crippen molar-refractivity contribution in [1.29, 1.82) is 0 Å². The van der Waals surface area contributed by atoms with Gasteiger partial charge in [0.25, 0.3) is 5.56 Å². The number of benzene rings is 1. The van der Waals surface area contributed by atoms with E-state index in [-0.39, 0.29) is 5.56 Å². The molecule has 18 heavy (non-hydrogen) atoms. The molecule has 3 N–H and O–H groups in total. The van der Waals surface area contributed by atoms with E-state index in [0.717, 1.165) is 23.4 Å². The Morgan fingerprint density at radius 2 is 2.28 bits per heavy atom. The standard InChI is InChI=1S/C13H17N3O2/c1-18-12-6-2-5-11(8-12)16-13(17)10(9-15-16)4-3-7-14/h2,5-6,8-9,15H,3-4,7,14H2,1H3. The average molecular weight is 247 g/mol. The topological polar surface area (TPSA) is 73.0 Å². The monoisotopic (exact) mass is 247 g/mol. The molecule has 0 aliphatic heterocycles. The minimum atomic E-state index is -0.0308. The highest BCUT2D eigenvalue weighted by atomic mass is 16.5. The van der Waals surface area contributed by atoms with E-state index in [0.29, 0.717) is 13.0 Å². The average Bonchev–Trinajstić information content (AvgIpc) is 2.78. The summed E-state index contributed by atoms with van der Waals surface area (Å²) in [4.78, 5) is 12.1. The Labute approximate surface area is 105 Å². The third-order valence-corrected chi connectivity index (χ3v) is 2.81. The highest BCUT2D eigenvalue weighted by molar-refractivity contribution is 5.38. The molecule has 0 spiro atoms. The fraction of sp³-hybridized carbons (Fsp3) is 0.308. The van der Waals surface area contributed by atoms with Gasteiger partial charge in [0.2, 0.25) is 0 Å². The molecule has 0 aliphatic carbocycles. The second-order valence-corrected chi connectivity index (χ2v) is 4.03. The van der Waals surface area contributed by atoms with Gasteiger partial charge in [0.15, 0.2) is 0 Å². The van der Waals surface area contributed by atoms with Crippen LogP contribution in [0.25, 0.3) is 5.69 Å². The number of aryl methyl sites for hydroxylation is 1. The van der Waals surface area contributed by atoms with Crippen LogP contribution in [0.4, 0.5) is 0 Å². The summed E-state index contributed by atoms with van der Waals surface area (Å²) < 4.78 is 6.65. The molecule has 96 valence electrons. The number of methoxy groups -OCH3 is 1. The van der Waals surface area contributed by atoms with E-state index in [9.17, 15) is 4.79 Å². The van der Waals surface area contributed by atoms with Gasteiger partial charge in [0.1, 0.15) is 5.75 Å². The Bertz CT molecular complexity index is 572. The van der Waals surface area contributed by atoms with E-state index in [2.05, 4.69) is 5.10 Å². The predicted octanol–water partition coefficient (Wildman–Crippen LogP) is 1.07. The first-order chi connectivity index (χ1) is 8.76. The van der Waals surface area contributed by atoms with Crippen LogP contribution in [0.2, 0.25) is 0 Å². The lowest BCUT2D eigenvalue weighted by molar-refractivity contribution is 0.414. The molecule has 1 heterocycles. The summed E-state index contributed by atoms with van der Waals surface area (Å²) in [5.41, 5.74) is 6.93. The lowest BCUT2D eigenvalue weighted by Crippen LogP contribution is -2.18. The van der Waals surface area contributed by atoms with Crippen molar-refractivity contribution in [3.05, 3.63) is 46.4 Å². The first-order valence-electron chi connectivity index (χ1n) is 5.90. The number of hydrogen-bond acceptors (Lipinski definition) is 3. The summed E-state index contributed by atoms with van der Waals surface area (Å²) in [6.07, 6.45) is 3.24. The molecule has 0 unspecified atom stereocenters. The van der Waals surface area contributed by atoms with Gasteiger partial charge in [-0.05, 0) is 31.5 Å². The van der Waals surface area contributed by atoms with Crippen LogP contribution >= 0.6 is 0 Å². The number of aromatic amines is 1. The number of hydrogen-bond donors (Lipinski definition) is 2. The number of aromatic nitrogens is 2. The van der Waals surface area contributed by atoms with Gasteiger partial charge in [0.05, 0.1) is 12.8 Å². The van der Waals surface area contributed by atoms with Gasteiger partial charge < -0.3 is 10.5 Å². The maximum Gasteiger partial charge on any atom is 0.274 e. The van der Waals surface area contributed by atoms with Crippen LogP contribution in [-0.4, -0.2) is 23.4 Å². The quantitative estimate of drug-likeness (QED) is 0.830. The third kappa shape index (κ3) is 2.46. The summed E-state index contributed by atoms with van der Waals surface area (Å²) in [5, 5.41) is 2.96. The molecule has 5 nitrogen and oxygen atoms in total. The van der Waals surface area contributed by atoms with Crippen molar-refractivity contribution < 1.29 is 4.74 Å². The molecule has 0 aliphatic rings. The first-order valence-corrected chi connectivity index (χ1v) is 5.90. The molecule has 1 aromatic heterocycles. The van der Waals surface area contributed by atoms with Crippen molar-refractivity contribution in [1.82, 2.24) is 9.78 Å². The van der Waals surface area contributed by atoms with Gasteiger partial charge in [-0.3, -0.25) is 9.89 Å². The van der Waals surface area contributed by atoms with E-state index >= 15 is 0 Å². The number of H-pyrrole nitrogens is 1. The van der Waals surface area contributed by atoms with Crippen LogP contribution in [0.15, 0.2) is 35.3 Å². The number of nitrogens with two attached hydrogens (primary N) is 1. The van der Waals surface area contributed by atoms with Crippen molar-refractivity contribution in [2.45, 2.75) is 12.8 Å².